The van der Waals surface area contributed by atoms with Crippen molar-refractivity contribution in [3.63, 3.8) is 0 Å². The number of halogens is 4. The molecule has 9 heteroatoms. The molecule has 1 atom stereocenters. The van der Waals surface area contributed by atoms with Gasteiger partial charge >= 0.3 is 6.18 Å². The summed E-state index contributed by atoms with van der Waals surface area (Å²) in [5.74, 6) is 0. The van der Waals surface area contributed by atoms with Crippen LogP contribution in [0.15, 0.2) is 24.3 Å². The Bertz CT molecular complexity index is 789. The molecule has 3 rings (SSSR count). The number of nitrogens with zero attached hydrogens (tertiary/aromatic N) is 2. The Morgan fingerprint density at radius 3 is 2.68 bits per heavy atom. The van der Waals surface area contributed by atoms with Crippen molar-refractivity contribution in [2.75, 3.05) is 38.7 Å². The number of aromatic nitrogens is 1. The maximum Gasteiger partial charge on any atom is 0.406 e. The lowest BCUT2D eigenvalue weighted by Gasteiger charge is -2.34. The number of benzene rings is 1. The largest absolute Gasteiger partial charge is 0.406 e. The van der Waals surface area contributed by atoms with Gasteiger partial charge in [0.15, 0.2) is 0 Å². The minimum absolute atomic E-state index is 0.255. The van der Waals surface area contributed by atoms with E-state index in [1.165, 1.54) is 4.57 Å². The number of likely N-dealkylation sites (tertiary alicyclic amines) is 1. The first-order chi connectivity index (χ1) is 13.3. The van der Waals surface area contributed by atoms with Crippen molar-refractivity contribution < 1.29 is 23.0 Å². The van der Waals surface area contributed by atoms with Crippen molar-refractivity contribution in [3.05, 3.63) is 28.0 Å². The molecule has 0 radical (unpaired) electrons. The van der Waals surface area contributed by atoms with Crippen LogP contribution >= 0.6 is 22.6 Å². The number of fused-ring (bicyclic) bond motifs is 1. The van der Waals surface area contributed by atoms with Crippen molar-refractivity contribution in [3.8, 4) is 0 Å². The molecule has 0 amide bonds. The Balaban J connectivity index is 1.66. The molecule has 1 fully saturated rings. The smallest absolute Gasteiger partial charge is 0.389 e. The van der Waals surface area contributed by atoms with E-state index in [4.69, 9.17) is 4.74 Å². The maximum atomic E-state index is 12.9. The van der Waals surface area contributed by atoms with Crippen LogP contribution in [-0.2, 0) is 11.3 Å². The van der Waals surface area contributed by atoms with E-state index in [0.29, 0.717) is 22.4 Å². The van der Waals surface area contributed by atoms with Gasteiger partial charge in [0.2, 0.25) is 0 Å². The van der Waals surface area contributed by atoms with Crippen LogP contribution in [0.25, 0.3) is 10.9 Å². The third-order valence-corrected chi connectivity index (χ3v) is 5.90. The van der Waals surface area contributed by atoms with E-state index in [2.05, 4.69) is 10.2 Å². The first kappa shape index (κ1) is 21.7. The van der Waals surface area contributed by atoms with Gasteiger partial charge in [0, 0.05) is 43.9 Å². The number of β-amino-alcohol motifs (C(OH)–C–C–N with tert-alkyl or cyclic N) is 1. The average molecular weight is 511 g/mol. The molecule has 156 valence electrons. The highest BCUT2D eigenvalue weighted by Gasteiger charge is 2.30. The highest BCUT2D eigenvalue weighted by Crippen LogP contribution is 2.32. The number of methoxy groups -OCH3 is 1. The van der Waals surface area contributed by atoms with Crippen molar-refractivity contribution in [2.45, 2.75) is 37.7 Å². The minimum Gasteiger partial charge on any atom is -0.389 e. The summed E-state index contributed by atoms with van der Waals surface area (Å²) in [7, 11) is 1.57. The maximum absolute atomic E-state index is 12.9. The lowest BCUT2D eigenvalue weighted by atomic mass is 10.0. The number of piperidine rings is 1. The fraction of sp³-hybridized carbons (Fsp3) is 0.579. The number of ether oxygens (including phenoxy) is 1. The topological polar surface area (TPSA) is 49.7 Å². The number of rotatable bonds is 7. The molecule has 2 aromatic rings. The fourth-order valence-electron chi connectivity index (χ4n) is 3.74. The quantitative estimate of drug-likeness (QED) is 0.557. The monoisotopic (exact) mass is 511 g/mol. The molecule has 1 saturated heterocycles. The first-order valence-electron chi connectivity index (χ1n) is 9.27. The van der Waals surface area contributed by atoms with E-state index in [0.717, 1.165) is 37.0 Å². The Morgan fingerprint density at radius 2 is 2.04 bits per heavy atom. The average Bonchev–Trinajstić information content (AvgIpc) is 2.92. The summed E-state index contributed by atoms with van der Waals surface area (Å²) in [4.78, 5) is 2.21. The molecule has 28 heavy (non-hydrogen) atoms. The number of aliphatic hydroxyl groups is 1. The van der Waals surface area contributed by atoms with Crippen LogP contribution < -0.4 is 5.32 Å². The van der Waals surface area contributed by atoms with E-state index in [1.807, 2.05) is 28.7 Å². The molecular weight excluding hydrogens is 486 g/mol. The van der Waals surface area contributed by atoms with Crippen LogP contribution in [0.5, 0.6) is 0 Å². The molecule has 2 N–H and O–H groups in total. The summed E-state index contributed by atoms with van der Waals surface area (Å²) in [5.41, 5.74) is 1.46. The molecule has 1 aromatic heterocycles. The van der Waals surface area contributed by atoms with Gasteiger partial charge in [-0.25, -0.2) is 0 Å². The predicted octanol–water partition coefficient (Wildman–Crippen LogP) is 3.69. The minimum atomic E-state index is -4.25. The van der Waals surface area contributed by atoms with Crippen LogP contribution in [-0.4, -0.2) is 66.2 Å². The molecule has 5 nitrogen and oxygen atoms in total. The van der Waals surface area contributed by atoms with Crippen LogP contribution in [0.2, 0.25) is 0 Å². The molecule has 1 aliphatic rings. The summed E-state index contributed by atoms with van der Waals surface area (Å²) in [6.07, 6.45) is -2.92. The Kier molecular flexibility index (Phi) is 7.11. The molecule has 1 aromatic carbocycles. The third-order valence-electron chi connectivity index (χ3n) is 5.01. The molecule has 0 aliphatic carbocycles. The molecule has 0 saturated carbocycles. The zero-order valence-electron chi connectivity index (χ0n) is 15.7. The second-order valence-electron chi connectivity index (χ2n) is 7.24. The number of alkyl halides is 3. The summed E-state index contributed by atoms with van der Waals surface area (Å²) >= 11 is 1.96. The molecule has 0 spiro atoms. The lowest BCUT2D eigenvalue weighted by molar-refractivity contribution is -0.140. The van der Waals surface area contributed by atoms with Crippen LogP contribution in [0.1, 0.15) is 12.8 Å². The van der Waals surface area contributed by atoms with Gasteiger partial charge < -0.3 is 24.6 Å². The van der Waals surface area contributed by atoms with Crippen molar-refractivity contribution in [2.24, 2.45) is 0 Å². The summed E-state index contributed by atoms with van der Waals surface area (Å²) < 4.78 is 45.6. The molecule has 1 unspecified atom stereocenters. The van der Waals surface area contributed by atoms with E-state index >= 15 is 0 Å². The standard InChI is InChI=1S/C19H25F3IN3O2/c1-28-11-14(27)10-25-7-5-13(6-8-25)24-16-3-2-4-17-15(16)9-18(23)26(17)12-19(20,21)22/h2-4,9,13-14,24,27H,5-8,10-12H2,1H3. The number of aliphatic hydroxyl groups excluding tert-OH is 1. The van der Waals surface area contributed by atoms with Crippen LogP contribution in [0, 0.1) is 3.70 Å². The summed E-state index contributed by atoms with van der Waals surface area (Å²) in [6, 6.07) is 7.51. The number of hydrogen-bond acceptors (Lipinski definition) is 4. The van der Waals surface area contributed by atoms with E-state index in [1.54, 1.807) is 25.3 Å². The van der Waals surface area contributed by atoms with Gasteiger partial charge in [0.25, 0.3) is 0 Å². The van der Waals surface area contributed by atoms with Gasteiger partial charge in [-0.1, -0.05) is 6.07 Å². The van der Waals surface area contributed by atoms with Crippen molar-refractivity contribution in [1.82, 2.24) is 9.47 Å². The van der Waals surface area contributed by atoms with Crippen LogP contribution in [0.4, 0.5) is 18.9 Å². The van der Waals surface area contributed by atoms with Gasteiger partial charge in [-0.15, -0.1) is 0 Å². The fourth-order valence-corrected chi connectivity index (χ4v) is 4.48. The van der Waals surface area contributed by atoms with E-state index in [-0.39, 0.29) is 6.04 Å². The lowest BCUT2D eigenvalue weighted by Crippen LogP contribution is -2.43. The van der Waals surface area contributed by atoms with E-state index in [9.17, 15) is 18.3 Å². The number of nitrogens with one attached hydrogen (secondary N) is 1. The van der Waals surface area contributed by atoms with Crippen LogP contribution in [0.3, 0.4) is 0 Å². The molecule has 0 bridgehead atoms. The second kappa shape index (κ2) is 9.19. The van der Waals surface area contributed by atoms with Gasteiger partial charge in [-0.2, -0.15) is 13.2 Å². The number of hydrogen-bond donors (Lipinski definition) is 2. The SMILES string of the molecule is COCC(O)CN1CCC(Nc2cccc3c2cc(I)n3CC(F)(F)F)CC1. The second-order valence-corrected chi connectivity index (χ2v) is 8.34. The predicted molar refractivity (Wildman–Crippen MR) is 112 cm³/mol. The highest BCUT2D eigenvalue weighted by molar-refractivity contribution is 14.1. The highest BCUT2D eigenvalue weighted by atomic mass is 127. The van der Waals surface area contributed by atoms with Crippen molar-refractivity contribution in [1.29, 1.82) is 0 Å². The van der Waals surface area contributed by atoms with Gasteiger partial charge in [-0.3, -0.25) is 0 Å². The van der Waals surface area contributed by atoms with Gasteiger partial charge in [0.1, 0.15) is 6.54 Å². The normalized spacial score (nSPS) is 17.9. The molecular formula is C19H25F3IN3O2. The zero-order valence-corrected chi connectivity index (χ0v) is 17.8. The molecule has 2 heterocycles. The Labute approximate surface area is 176 Å². The first-order valence-corrected chi connectivity index (χ1v) is 10.3. The van der Waals surface area contributed by atoms with E-state index < -0.39 is 18.8 Å². The molecule has 1 aliphatic heterocycles. The Hall–Kier alpha value is -1.04. The summed E-state index contributed by atoms with van der Waals surface area (Å²) in [5, 5.41) is 14.2. The number of anilines is 1. The Morgan fingerprint density at radius 1 is 1.32 bits per heavy atom. The van der Waals surface area contributed by atoms with Gasteiger partial charge in [-0.05, 0) is 53.6 Å². The zero-order chi connectivity index (χ0) is 20.3. The van der Waals surface area contributed by atoms with Crippen molar-refractivity contribution >= 4 is 39.2 Å². The summed E-state index contributed by atoms with van der Waals surface area (Å²) in [6.45, 7) is 1.66. The third kappa shape index (κ3) is 5.52. The van der Waals surface area contributed by atoms with Gasteiger partial charge in [0.05, 0.1) is 21.9 Å².